The molecule has 1 N–H and O–H groups in total. The van der Waals surface area contributed by atoms with Crippen LogP contribution >= 0.6 is 0 Å². The number of sulfonamides is 1. The average Bonchev–Trinajstić information content (AvgIpc) is 2.78. The van der Waals surface area contributed by atoms with Crippen LogP contribution in [-0.4, -0.2) is 32.4 Å². The Balaban J connectivity index is 1.53. The Hall–Kier alpha value is -3.32. The van der Waals surface area contributed by atoms with Gasteiger partial charge in [0.15, 0.2) is 0 Å². The zero-order chi connectivity index (χ0) is 23.6. The number of hydrogen-bond donors (Lipinski definition) is 1. The van der Waals surface area contributed by atoms with Crippen LogP contribution in [0.5, 0.6) is 0 Å². The molecule has 6 nitrogen and oxygen atoms in total. The zero-order valence-electron chi connectivity index (χ0n) is 19.2. The monoisotopic (exact) mass is 463 g/mol. The molecule has 0 saturated carbocycles. The molecule has 4 rings (SSSR count). The summed E-state index contributed by atoms with van der Waals surface area (Å²) in [4.78, 5) is 17.1. The summed E-state index contributed by atoms with van der Waals surface area (Å²) in [5.74, 6) is 0. The normalized spacial score (nSPS) is 14.5. The molecule has 3 aromatic rings. The van der Waals surface area contributed by atoms with E-state index in [0.717, 1.165) is 23.1 Å². The smallest absolute Gasteiger partial charge is 0.320 e. The number of urea groups is 1. The van der Waals surface area contributed by atoms with E-state index >= 15 is 0 Å². The Morgan fingerprint density at radius 2 is 1.61 bits per heavy atom. The fourth-order valence-corrected chi connectivity index (χ4v) is 5.06. The van der Waals surface area contributed by atoms with Crippen molar-refractivity contribution in [3.8, 4) is 0 Å². The van der Waals surface area contributed by atoms with Crippen LogP contribution in [0.25, 0.3) is 0 Å². The maximum Gasteiger partial charge on any atom is 0.324 e. The highest BCUT2D eigenvalue weighted by atomic mass is 32.2. The first-order valence-electron chi connectivity index (χ1n) is 11.0. The summed E-state index contributed by atoms with van der Waals surface area (Å²) in [5, 5.41) is 0. The molecule has 1 aliphatic heterocycles. The van der Waals surface area contributed by atoms with Gasteiger partial charge in [-0.05, 0) is 68.7 Å². The van der Waals surface area contributed by atoms with Crippen LogP contribution in [0.3, 0.4) is 0 Å². The summed E-state index contributed by atoms with van der Waals surface area (Å²) >= 11 is 0. The predicted octanol–water partition coefficient (Wildman–Crippen LogP) is 5.24. The topological polar surface area (TPSA) is 69.7 Å². The van der Waals surface area contributed by atoms with Crippen molar-refractivity contribution in [1.29, 1.82) is 0 Å². The molecule has 1 saturated heterocycles. The van der Waals surface area contributed by atoms with Gasteiger partial charge in [-0.2, -0.15) is 0 Å². The molecule has 172 valence electrons. The SMILES string of the molecule is Cc1ccc(S(=O)(=O)Nc2cccc(N3CCCN(Cc4cc(C)ccc4C)C3=O)c2)cc1. The van der Waals surface area contributed by atoms with Gasteiger partial charge in [-0.25, -0.2) is 13.2 Å². The quantitative estimate of drug-likeness (QED) is 0.543. The van der Waals surface area contributed by atoms with E-state index < -0.39 is 10.0 Å². The number of benzene rings is 3. The highest BCUT2D eigenvalue weighted by Crippen LogP contribution is 2.26. The average molecular weight is 464 g/mol. The minimum atomic E-state index is -3.72. The molecular weight excluding hydrogens is 434 g/mol. The van der Waals surface area contributed by atoms with Crippen molar-refractivity contribution in [1.82, 2.24) is 4.90 Å². The molecule has 0 unspecified atom stereocenters. The van der Waals surface area contributed by atoms with Crippen LogP contribution in [0, 0.1) is 20.8 Å². The number of carbonyl (C=O) groups is 1. The lowest BCUT2D eigenvalue weighted by Gasteiger charge is -2.36. The first-order chi connectivity index (χ1) is 15.7. The van der Waals surface area contributed by atoms with E-state index in [1.807, 2.05) is 17.9 Å². The lowest BCUT2D eigenvalue weighted by molar-refractivity contribution is 0.192. The largest absolute Gasteiger partial charge is 0.324 e. The molecule has 1 heterocycles. The maximum absolute atomic E-state index is 13.3. The van der Waals surface area contributed by atoms with Gasteiger partial charge in [0.2, 0.25) is 0 Å². The van der Waals surface area contributed by atoms with Crippen LogP contribution in [-0.2, 0) is 16.6 Å². The number of nitrogens with zero attached hydrogens (tertiary/aromatic N) is 2. The van der Waals surface area contributed by atoms with E-state index in [1.54, 1.807) is 47.4 Å². The van der Waals surface area contributed by atoms with Gasteiger partial charge in [0.1, 0.15) is 0 Å². The number of carbonyl (C=O) groups excluding carboxylic acids is 1. The molecule has 0 radical (unpaired) electrons. The van der Waals surface area contributed by atoms with Gasteiger partial charge in [0, 0.05) is 25.3 Å². The van der Waals surface area contributed by atoms with E-state index in [0.29, 0.717) is 31.0 Å². The molecular formula is C26H29N3O3S. The summed E-state index contributed by atoms with van der Waals surface area (Å²) in [7, 11) is -3.72. The van der Waals surface area contributed by atoms with E-state index in [4.69, 9.17) is 0 Å². The van der Waals surface area contributed by atoms with Crippen molar-refractivity contribution < 1.29 is 13.2 Å². The second-order valence-corrected chi connectivity index (χ2v) is 10.3. The van der Waals surface area contributed by atoms with Crippen molar-refractivity contribution in [2.24, 2.45) is 0 Å². The summed E-state index contributed by atoms with van der Waals surface area (Å²) in [5.41, 5.74) is 5.57. The summed E-state index contributed by atoms with van der Waals surface area (Å²) < 4.78 is 28.2. The van der Waals surface area contributed by atoms with Crippen molar-refractivity contribution in [3.63, 3.8) is 0 Å². The molecule has 33 heavy (non-hydrogen) atoms. The first-order valence-corrected chi connectivity index (χ1v) is 12.5. The number of rotatable bonds is 6. The van der Waals surface area contributed by atoms with Gasteiger partial charge >= 0.3 is 6.03 Å². The Bertz CT molecular complexity index is 1270. The summed E-state index contributed by atoms with van der Waals surface area (Å²) in [6, 6.07) is 19.9. The minimum Gasteiger partial charge on any atom is -0.320 e. The third kappa shape index (κ3) is 5.20. The summed E-state index contributed by atoms with van der Waals surface area (Å²) in [6.45, 7) is 7.87. The predicted molar refractivity (Wildman–Crippen MR) is 132 cm³/mol. The van der Waals surface area contributed by atoms with Gasteiger partial charge in [0.25, 0.3) is 10.0 Å². The lowest BCUT2D eigenvalue weighted by Crippen LogP contribution is -2.49. The molecule has 2 amide bonds. The van der Waals surface area contributed by atoms with Crippen molar-refractivity contribution in [2.75, 3.05) is 22.7 Å². The number of nitrogens with one attached hydrogen (secondary N) is 1. The third-order valence-electron chi connectivity index (χ3n) is 5.92. The molecule has 1 aliphatic rings. The second-order valence-electron chi connectivity index (χ2n) is 8.61. The Morgan fingerprint density at radius 3 is 2.36 bits per heavy atom. The van der Waals surface area contributed by atoms with Crippen LogP contribution in [0.1, 0.15) is 28.7 Å². The molecule has 0 atom stereocenters. The molecule has 1 fully saturated rings. The van der Waals surface area contributed by atoms with E-state index in [-0.39, 0.29) is 10.9 Å². The number of amides is 2. The standard InChI is InChI=1S/C26H29N3O3S/c1-19-9-12-25(13-10-19)33(31,32)27-23-6-4-7-24(17-23)29-15-5-14-28(26(29)30)18-22-16-20(2)8-11-21(22)3/h4,6-13,16-17,27H,5,14-15,18H2,1-3H3. The van der Waals surface area contributed by atoms with Gasteiger partial charge in [-0.3, -0.25) is 9.62 Å². The molecule has 7 heteroatoms. The molecule has 3 aromatic carbocycles. The molecule has 0 aliphatic carbocycles. The maximum atomic E-state index is 13.3. The Kier molecular flexibility index (Phi) is 6.42. The van der Waals surface area contributed by atoms with Gasteiger partial charge < -0.3 is 4.90 Å². The molecule has 0 aromatic heterocycles. The molecule has 0 bridgehead atoms. The highest BCUT2D eigenvalue weighted by Gasteiger charge is 2.27. The van der Waals surface area contributed by atoms with Crippen molar-refractivity contribution >= 4 is 27.4 Å². The van der Waals surface area contributed by atoms with Gasteiger partial charge in [0.05, 0.1) is 10.6 Å². The van der Waals surface area contributed by atoms with Crippen LogP contribution in [0.15, 0.2) is 71.6 Å². The lowest BCUT2D eigenvalue weighted by atomic mass is 10.0. The van der Waals surface area contributed by atoms with Crippen molar-refractivity contribution in [3.05, 3.63) is 89.0 Å². The van der Waals surface area contributed by atoms with Crippen molar-refractivity contribution in [2.45, 2.75) is 38.6 Å². The van der Waals surface area contributed by atoms with Crippen LogP contribution < -0.4 is 9.62 Å². The Labute approximate surface area is 195 Å². The van der Waals surface area contributed by atoms with Gasteiger partial charge in [-0.1, -0.05) is 47.5 Å². The zero-order valence-corrected chi connectivity index (χ0v) is 20.0. The number of hydrogen-bond acceptors (Lipinski definition) is 3. The van der Waals surface area contributed by atoms with E-state index in [9.17, 15) is 13.2 Å². The second kappa shape index (κ2) is 9.27. The van der Waals surface area contributed by atoms with E-state index in [2.05, 4.69) is 36.8 Å². The fraction of sp³-hybridized carbons (Fsp3) is 0.269. The first kappa shape index (κ1) is 22.9. The minimum absolute atomic E-state index is 0.0688. The fourth-order valence-electron chi connectivity index (χ4n) is 4.01. The van der Waals surface area contributed by atoms with E-state index in [1.165, 1.54) is 5.56 Å². The molecule has 0 spiro atoms. The van der Waals surface area contributed by atoms with Crippen LogP contribution in [0.4, 0.5) is 16.2 Å². The number of anilines is 2. The summed E-state index contributed by atoms with van der Waals surface area (Å²) in [6.07, 6.45) is 0.843. The third-order valence-corrected chi connectivity index (χ3v) is 7.32. The van der Waals surface area contributed by atoms with Crippen LogP contribution in [0.2, 0.25) is 0 Å². The number of aryl methyl sites for hydroxylation is 3. The van der Waals surface area contributed by atoms with Gasteiger partial charge in [-0.15, -0.1) is 0 Å². The Morgan fingerprint density at radius 1 is 0.879 bits per heavy atom. The highest BCUT2D eigenvalue weighted by molar-refractivity contribution is 7.92.